The second-order valence-electron chi connectivity index (χ2n) is 6.28. The van der Waals surface area contributed by atoms with Crippen LogP contribution < -0.4 is 0 Å². The minimum absolute atomic E-state index is 0.198. The smallest absolute Gasteiger partial charge is 0.137 e. The second kappa shape index (κ2) is 5.74. The van der Waals surface area contributed by atoms with E-state index in [-0.39, 0.29) is 23.7 Å². The molecule has 2 bridgehead atoms. The fourth-order valence-corrected chi connectivity index (χ4v) is 4.06. The number of hydrogen-bond acceptors (Lipinski definition) is 2. The number of rotatable bonds is 3. The summed E-state index contributed by atoms with van der Waals surface area (Å²) in [6.45, 7) is 4.12. The highest BCUT2D eigenvalue weighted by atomic mass is 16.1. The maximum absolute atomic E-state index is 12.6. The summed E-state index contributed by atoms with van der Waals surface area (Å²) in [5.74, 6) is 0.775. The molecular weight excluding hydrogens is 262 g/mol. The highest BCUT2D eigenvalue weighted by Crippen LogP contribution is 2.48. The molecule has 0 aromatic heterocycles. The van der Waals surface area contributed by atoms with Crippen LogP contribution in [0, 0.1) is 17.8 Å². The van der Waals surface area contributed by atoms with Crippen molar-refractivity contribution in [2.45, 2.75) is 31.7 Å². The van der Waals surface area contributed by atoms with E-state index in [1.165, 1.54) is 5.57 Å². The van der Waals surface area contributed by atoms with Gasteiger partial charge in [0.25, 0.3) is 0 Å². The second-order valence-corrected chi connectivity index (χ2v) is 6.28. The Hall–Kier alpha value is -2.06. The van der Waals surface area contributed by atoms with Crippen molar-refractivity contribution >= 4 is 5.78 Å². The number of benzene rings is 1. The van der Waals surface area contributed by atoms with E-state index in [1.807, 2.05) is 30.3 Å². The topological polar surface area (TPSA) is 65.8 Å². The molecule has 21 heavy (non-hydrogen) atoms. The molecule has 1 aromatic rings. The molecule has 0 radical (unpaired) electrons. The van der Waals surface area contributed by atoms with Crippen LogP contribution >= 0.6 is 0 Å². The van der Waals surface area contributed by atoms with Gasteiger partial charge in [-0.3, -0.25) is 4.79 Å². The number of ketones is 1. The first-order valence-corrected chi connectivity index (χ1v) is 7.47. The molecule has 0 heterocycles. The highest BCUT2D eigenvalue weighted by Gasteiger charge is 2.43. The summed E-state index contributed by atoms with van der Waals surface area (Å²) in [4.78, 5) is 15.6. The number of fused-ring (bicyclic) bond motifs is 2. The Balaban J connectivity index is 1.96. The Morgan fingerprint density at radius 2 is 2.00 bits per heavy atom. The zero-order chi connectivity index (χ0) is 14.8. The Kier molecular flexibility index (Phi) is 3.80. The molecule has 3 rings (SSSR count). The minimum Gasteiger partial charge on any atom is -0.299 e. The largest absolute Gasteiger partial charge is 0.299 e. The van der Waals surface area contributed by atoms with Gasteiger partial charge in [0.1, 0.15) is 5.78 Å². The molecule has 4 nitrogen and oxygen atoms in total. The van der Waals surface area contributed by atoms with Gasteiger partial charge in [-0.25, -0.2) is 0 Å². The number of azide groups is 1. The summed E-state index contributed by atoms with van der Waals surface area (Å²) >= 11 is 0. The molecular formula is C17H19N3O. The summed E-state index contributed by atoms with van der Waals surface area (Å²) in [6.07, 6.45) is 3.52. The molecule has 0 spiro atoms. The third-order valence-corrected chi connectivity index (χ3v) is 4.79. The SMILES string of the molecule is C=C1C[C@H]2CC(=O)[C@H]([C@H](N=[N+]=[N-])c3ccccc3)[C@@H](C1)C2. The zero-order valence-electron chi connectivity index (χ0n) is 12.0. The van der Waals surface area contributed by atoms with Crippen molar-refractivity contribution in [2.24, 2.45) is 22.9 Å². The molecule has 0 unspecified atom stereocenters. The maximum atomic E-state index is 12.6. The van der Waals surface area contributed by atoms with E-state index in [4.69, 9.17) is 5.53 Å². The Morgan fingerprint density at radius 1 is 1.24 bits per heavy atom. The summed E-state index contributed by atoms with van der Waals surface area (Å²) < 4.78 is 0. The van der Waals surface area contributed by atoms with Gasteiger partial charge in [-0.1, -0.05) is 47.6 Å². The van der Waals surface area contributed by atoms with Crippen molar-refractivity contribution in [3.8, 4) is 0 Å². The first-order valence-electron chi connectivity index (χ1n) is 7.47. The van der Waals surface area contributed by atoms with Gasteiger partial charge in [-0.05, 0) is 42.2 Å². The van der Waals surface area contributed by atoms with Gasteiger partial charge in [0.15, 0.2) is 0 Å². The third kappa shape index (κ3) is 2.72. The molecule has 108 valence electrons. The predicted molar refractivity (Wildman–Crippen MR) is 81.4 cm³/mol. The van der Waals surface area contributed by atoms with E-state index in [2.05, 4.69) is 16.6 Å². The third-order valence-electron chi connectivity index (χ3n) is 4.79. The fourth-order valence-electron chi connectivity index (χ4n) is 4.06. The molecule has 0 amide bonds. The summed E-state index contributed by atoms with van der Waals surface area (Å²) in [5.41, 5.74) is 11.1. The van der Waals surface area contributed by atoms with Crippen LogP contribution in [-0.4, -0.2) is 5.78 Å². The first kappa shape index (κ1) is 13.9. The van der Waals surface area contributed by atoms with Gasteiger partial charge in [-0.15, -0.1) is 0 Å². The summed E-state index contributed by atoms with van der Waals surface area (Å²) in [7, 11) is 0. The standard InChI is InChI=1S/C17H19N3O/c1-11-7-12-9-14(8-11)16(15(21)10-12)17(19-20-18)13-5-3-2-4-6-13/h2-6,12,14,16-17H,1,7-10H2/t12-,14+,16-,17-/m1/s1. The zero-order valence-corrected chi connectivity index (χ0v) is 12.0. The number of carbonyl (C=O) groups is 1. The van der Waals surface area contributed by atoms with Crippen LogP contribution in [0.2, 0.25) is 0 Å². The van der Waals surface area contributed by atoms with Gasteiger partial charge in [0.05, 0.1) is 6.04 Å². The lowest BCUT2D eigenvalue weighted by Gasteiger charge is -2.42. The monoisotopic (exact) mass is 281 g/mol. The van der Waals surface area contributed by atoms with E-state index in [1.54, 1.807) is 0 Å². The fraction of sp³-hybridized carbons (Fsp3) is 0.471. The van der Waals surface area contributed by atoms with Crippen molar-refractivity contribution in [1.82, 2.24) is 0 Å². The van der Waals surface area contributed by atoms with Crippen LogP contribution in [-0.2, 0) is 4.79 Å². The average Bonchev–Trinajstić information content (AvgIpc) is 2.46. The lowest BCUT2D eigenvalue weighted by molar-refractivity contribution is -0.130. The molecule has 0 saturated heterocycles. The Bertz CT molecular complexity index is 604. The molecule has 4 heteroatoms. The van der Waals surface area contributed by atoms with E-state index >= 15 is 0 Å². The van der Waals surface area contributed by atoms with E-state index < -0.39 is 0 Å². The molecule has 4 atom stereocenters. The molecule has 0 N–H and O–H groups in total. The molecule has 2 saturated carbocycles. The van der Waals surface area contributed by atoms with Crippen LogP contribution in [0.5, 0.6) is 0 Å². The minimum atomic E-state index is -0.388. The van der Waals surface area contributed by atoms with Crippen LogP contribution in [0.1, 0.15) is 37.3 Å². The number of nitrogens with zero attached hydrogens (tertiary/aromatic N) is 3. The van der Waals surface area contributed by atoms with E-state index in [0.717, 1.165) is 24.8 Å². The van der Waals surface area contributed by atoms with Gasteiger partial charge in [0.2, 0.25) is 0 Å². The van der Waals surface area contributed by atoms with Crippen LogP contribution in [0.4, 0.5) is 0 Å². The van der Waals surface area contributed by atoms with Crippen molar-refractivity contribution in [2.75, 3.05) is 0 Å². The first-order chi connectivity index (χ1) is 10.2. The number of hydrogen-bond donors (Lipinski definition) is 0. The van der Waals surface area contributed by atoms with Crippen LogP contribution in [0.25, 0.3) is 10.4 Å². The summed E-state index contributed by atoms with van der Waals surface area (Å²) in [5, 5.41) is 3.97. The lowest BCUT2D eigenvalue weighted by atomic mass is 9.62. The Labute approximate surface area is 124 Å². The molecule has 1 aromatic carbocycles. The summed E-state index contributed by atoms with van der Waals surface area (Å²) in [6, 6.07) is 9.27. The molecule has 2 fully saturated rings. The van der Waals surface area contributed by atoms with E-state index in [9.17, 15) is 4.79 Å². The molecule has 2 aliphatic rings. The van der Waals surface area contributed by atoms with Crippen molar-refractivity contribution in [3.63, 3.8) is 0 Å². The van der Waals surface area contributed by atoms with Crippen molar-refractivity contribution in [3.05, 3.63) is 58.5 Å². The molecule has 2 aliphatic carbocycles. The van der Waals surface area contributed by atoms with Gasteiger partial charge in [0, 0.05) is 17.3 Å². The van der Waals surface area contributed by atoms with Crippen molar-refractivity contribution < 1.29 is 4.79 Å². The lowest BCUT2D eigenvalue weighted by Crippen LogP contribution is -2.39. The maximum Gasteiger partial charge on any atom is 0.137 e. The number of carbonyl (C=O) groups excluding carboxylic acids is 1. The predicted octanol–water partition coefficient (Wildman–Crippen LogP) is 4.60. The normalized spacial score (nSPS) is 29.6. The van der Waals surface area contributed by atoms with Crippen LogP contribution in [0.3, 0.4) is 0 Å². The van der Waals surface area contributed by atoms with Gasteiger partial charge >= 0.3 is 0 Å². The van der Waals surface area contributed by atoms with E-state index in [0.29, 0.717) is 12.3 Å². The molecule has 0 aliphatic heterocycles. The van der Waals surface area contributed by atoms with Gasteiger partial charge < -0.3 is 0 Å². The average molecular weight is 281 g/mol. The van der Waals surface area contributed by atoms with Crippen LogP contribution in [0.15, 0.2) is 47.6 Å². The highest BCUT2D eigenvalue weighted by molar-refractivity contribution is 5.83. The van der Waals surface area contributed by atoms with Gasteiger partial charge in [-0.2, -0.15) is 0 Å². The quantitative estimate of drug-likeness (QED) is 0.345. The van der Waals surface area contributed by atoms with Crippen molar-refractivity contribution in [1.29, 1.82) is 0 Å². The number of allylic oxidation sites excluding steroid dienone is 1. The Morgan fingerprint density at radius 3 is 2.71 bits per heavy atom. The number of Topliss-reactive ketones (excluding diaryl/α,β-unsaturated/α-hetero) is 1.